The zero-order valence-corrected chi connectivity index (χ0v) is 13.5. The van der Waals surface area contributed by atoms with Crippen LogP contribution in [0.25, 0.3) is 0 Å². The molecule has 0 spiro atoms. The summed E-state index contributed by atoms with van der Waals surface area (Å²) >= 11 is 0. The van der Waals surface area contributed by atoms with Crippen molar-refractivity contribution in [3.05, 3.63) is 58.9 Å². The van der Waals surface area contributed by atoms with Crippen LogP contribution in [-0.4, -0.2) is 18.1 Å². The van der Waals surface area contributed by atoms with Gasteiger partial charge in [0, 0.05) is 6.20 Å². The lowest BCUT2D eigenvalue weighted by Gasteiger charge is -2.19. The van der Waals surface area contributed by atoms with Gasteiger partial charge in [-0.1, -0.05) is 18.2 Å². The minimum atomic E-state index is 0.118. The Morgan fingerprint density at radius 1 is 1.00 bits per heavy atom. The smallest absolute Gasteiger partial charge is 0.138 e. The predicted octanol–water partition coefficient (Wildman–Crippen LogP) is 3.79. The normalized spacial score (nSPS) is 12.5. The van der Waals surface area contributed by atoms with Gasteiger partial charge in [0.25, 0.3) is 0 Å². The summed E-state index contributed by atoms with van der Waals surface area (Å²) in [5.74, 6) is 0.812. The monoisotopic (exact) mass is 284 g/mol. The molecular formula is C18H24N2O. The van der Waals surface area contributed by atoms with Crippen molar-refractivity contribution in [2.45, 2.75) is 39.8 Å². The molecule has 0 aliphatic rings. The summed E-state index contributed by atoms with van der Waals surface area (Å²) in [5.41, 5.74) is 4.96. The molecule has 1 atom stereocenters. The van der Waals surface area contributed by atoms with Crippen molar-refractivity contribution in [1.82, 2.24) is 10.3 Å². The number of rotatable bonds is 5. The van der Waals surface area contributed by atoms with Crippen LogP contribution in [0.1, 0.15) is 42.1 Å². The van der Waals surface area contributed by atoms with Crippen LogP contribution in [0.2, 0.25) is 0 Å². The van der Waals surface area contributed by atoms with E-state index in [2.05, 4.69) is 48.4 Å². The van der Waals surface area contributed by atoms with Gasteiger partial charge in [-0.05, 0) is 63.1 Å². The molecule has 1 aromatic heterocycles. The molecule has 1 heterocycles. The molecule has 0 aliphatic heterocycles. The van der Waals surface area contributed by atoms with Crippen LogP contribution >= 0.6 is 0 Å². The molecule has 3 nitrogen and oxygen atoms in total. The van der Waals surface area contributed by atoms with E-state index in [1.165, 1.54) is 16.7 Å². The average Bonchev–Trinajstić information content (AvgIpc) is 2.43. The molecule has 2 aromatic rings. The molecule has 0 saturated carbocycles. The molecule has 2 rings (SSSR count). The molecule has 0 saturated heterocycles. The number of aryl methyl sites for hydroxylation is 2. The summed E-state index contributed by atoms with van der Waals surface area (Å²) in [7, 11) is 1.97. The Labute approximate surface area is 127 Å². The van der Waals surface area contributed by atoms with E-state index in [-0.39, 0.29) is 12.1 Å². The number of nitrogens with one attached hydrogen (secondary N) is 1. The minimum Gasteiger partial charge on any atom is -0.489 e. The van der Waals surface area contributed by atoms with Gasteiger partial charge in [0.2, 0.25) is 0 Å². The number of hydrogen-bond donors (Lipinski definition) is 1. The molecule has 112 valence electrons. The van der Waals surface area contributed by atoms with Gasteiger partial charge in [-0.15, -0.1) is 0 Å². The Morgan fingerprint density at radius 3 is 2.38 bits per heavy atom. The third-order valence-electron chi connectivity index (χ3n) is 3.59. The molecule has 0 amide bonds. The Morgan fingerprint density at radius 2 is 1.76 bits per heavy atom. The van der Waals surface area contributed by atoms with Crippen LogP contribution in [0.5, 0.6) is 5.75 Å². The fraction of sp³-hybridized carbons (Fsp3) is 0.389. The highest BCUT2D eigenvalue weighted by molar-refractivity contribution is 5.38. The van der Waals surface area contributed by atoms with Crippen LogP contribution < -0.4 is 10.1 Å². The van der Waals surface area contributed by atoms with E-state index in [0.29, 0.717) is 0 Å². The van der Waals surface area contributed by atoms with Gasteiger partial charge in [-0.25, -0.2) is 0 Å². The van der Waals surface area contributed by atoms with Crippen LogP contribution in [0, 0.1) is 13.8 Å². The summed E-state index contributed by atoms with van der Waals surface area (Å²) < 4.78 is 5.74. The molecule has 3 heteroatoms. The van der Waals surface area contributed by atoms with Gasteiger partial charge < -0.3 is 10.1 Å². The molecule has 0 aliphatic carbocycles. The van der Waals surface area contributed by atoms with Crippen molar-refractivity contribution < 1.29 is 4.74 Å². The van der Waals surface area contributed by atoms with Gasteiger partial charge in [-0.3, -0.25) is 4.98 Å². The molecule has 21 heavy (non-hydrogen) atoms. The molecular weight excluding hydrogens is 260 g/mol. The summed E-state index contributed by atoms with van der Waals surface area (Å²) in [4.78, 5) is 4.31. The molecule has 0 bridgehead atoms. The van der Waals surface area contributed by atoms with Gasteiger partial charge in [0.15, 0.2) is 0 Å². The fourth-order valence-electron chi connectivity index (χ4n) is 2.40. The second-order valence-electron chi connectivity index (χ2n) is 5.69. The molecule has 0 fully saturated rings. The lowest BCUT2D eigenvalue weighted by Crippen LogP contribution is -2.18. The first-order chi connectivity index (χ1) is 10.0. The largest absolute Gasteiger partial charge is 0.489 e. The highest BCUT2D eigenvalue weighted by atomic mass is 16.5. The maximum Gasteiger partial charge on any atom is 0.138 e. The maximum atomic E-state index is 5.74. The zero-order valence-electron chi connectivity index (χ0n) is 13.5. The predicted molar refractivity (Wildman–Crippen MR) is 86.8 cm³/mol. The second kappa shape index (κ2) is 6.72. The Bertz CT molecular complexity index is 608. The van der Waals surface area contributed by atoms with E-state index < -0.39 is 0 Å². The molecule has 0 radical (unpaired) electrons. The summed E-state index contributed by atoms with van der Waals surface area (Å²) in [6.45, 7) is 8.31. The Balaban J connectivity index is 2.34. The maximum absolute atomic E-state index is 5.74. The van der Waals surface area contributed by atoms with Crippen molar-refractivity contribution in [3.8, 4) is 5.75 Å². The van der Waals surface area contributed by atoms with E-state index >= 15 is 0 Å². The third-order valence-corrected chi connectivity index (χ3v) is 3.59. The lowest BCUT2D eigenvalue weighted by molar-refractivity contribution is 0.241. The first-order valence-corrected chi connectivity index (χ1v) is 7.37. The van der Waals surface area contributed by atoms with Crippen molar-refractivity contribution >= 4 is 0 Å². The third kappa shape index (κ3) is 3.82. The first-order valence-electron chi connectivity index (χ1n) is 7.37. The van der Waals surface area contributed by atoms with Crippen molar-refractivity contribution in [2.75, 3.05) is 7.05 Å². The molecule has 1 N–H and O–H groups in total. The quantitative estimate of drug-likeness (QED) is 0.907. The molecule has 1 aromatic carbocycles. The first kappa shape index (κ1) is 15.5. The van der Waals surface area contributed by atoms with E-state index in [1.807, 2.05) is 27.1 Å². The number of benzene rings is 1. The lowest BCUT2D eigenvalue weighted by atomic mass is 9.97. The van der Waals surface area contributed by atoms with Gasteiger partial charge in [0.1, 0.15) is 5.75 Å². The minimum absolute atomic E-state index is 0.118. The molecule has 1 unspecified atom stereocenters. The van der Waals surface area contributed by atoms with Gasteiger partial charge in [-0.2, -0.15) is 0 Å². The standard InChI is InChI=1S/C18H24N2O/c1-12(2)21-17-9-16(10-20-11-17)18(19-5)15-7-6-13(3)14(4)8-15/h6-12,18-19H,1-5H3. The number of nitrogens with zero attached hydrogens (tertiary/aromatic N) is 1. The second-order valence-corrected chi connectivity index (χ2v) is 5.69. The average molecular weight is 284 g/mol. The topological polar surface area (TPSA) is 34.2 Å². The van der Waals surface area contributed by atoms with Crippen LogP contribution in [0.15, 0.2) is 36.7 Å². The number of ether oxygens (including phenoxy) is 1. The SMILES string of the molecule is CNC(c1cncc(OC(C)C)c1)c1ccc(C)c(C)c1. The number of aromatic nitrogens is 1. The highest BCUT2D eigenvalue weighted by Crippen LogP contribution is 2.25. The van der Waals surface area contributed by atoms with Gasteiger partial charge >= 0.3 is 0 Å². The Hall–Kier alpha value is -1.87. The summed E-state index contributed by atoms with van der Waals surface area (Å²) in [5, 5.41) is 3.37. The van der Waals surface area contributed by atoms with Crippen molar-refractivity contribution in [3.63, 3.8) is 0 Å². The van der Waals surface area contributed by atoms with Crippen molar-refractivity contribution in [2.24, 2.45) is 0 Å². The van der Waals surface area contributed by atoms with Crippen LogP contribution in [0.4, 0.5) is 0 Å². The summed E-state index contributed by atoms with van der Waals surface area (Å²) in [6, 6.07) is 8.74. The summed E-state index contributed by atoms with van der Waals surface area (Å²) in [6.07, 6.45) is 3.80. The van der Waals surface area contributed by atoms with Gasteiger partial charge in [0.05, 0.1) is 18.3 Å². The highest BCUT2D eigenvalue weighted by Gasteiger charge is 2.14. The number of pyridine rings is 1. The van der Waals surface area contributed by atoms with E-state index in [4.69, 9.17) is 4.74 Å². The van der Waals surface area contributed by atoms with E-state index in [0.717, 1.165) is 11.3 Å². The number of hydrogen-bond acceptors (Lipinski definition) is 3. The fourth-order valence-corrected chi connectivity index (χ4v) is 2.40. The van der Waals surface area contributed by atoms with E-state index in [9.17, 15) is 0 Å². The van der Waals surface area contributed by atoms with Crippen LogP contribution in [-0.2, 0) is 0 Å². The Kier molecular flexibility index (Phi) is 4.97. The van der Waals surface area contributed by atoms with Crippen molar-refractivity contribution in [1.29, 1.82) is 0 Å². The van der Waals surface area contributed by atoms with E-state index in [1.54, 1.807) is 6.20 Å². The van der Waals surface area contributed by atoms with Crippen LogP contribution in [0.3, 0.4) is 0 Å². The zero-order chi connectivity index (χ0) is 15.4.